The molecule has 0 aliphatic rings. The second-order valence-corrected chi connectivity index (χ2v) is 1.96. The second kappa shape index (κ2) is 5.88. The van der Waals surface area contributed by atoms with Gasteiger partial charge < -0.3 is 15.4 Å². The Balaban J connectivity index is 3.49. The molecular formula is C7H14N2O2. The Morgan fingerprint density at radius 1 is 1.64 bits per heavy atom. The van der Waals surface area contributed by atoms with E-state index >= 15 is 0 Å². The molecular weight excluding hydrogens is 144 g/mol. The van der Waals surface area contributed by atoms with Gasteiger partial charge in [-0.3, -0.25) is 0 Å². The van der Waals surface area contributed by atoms with E-state index in [-0.39, 0.29) is 6.17 Å². The molecule has 4 heteroatoms. The van der Waals surface area contributed by atoms with Crippen molar-refractivity contribution in [3.05, 3.63) is 12.7 Å². The highest BCUT2D eigenvalue weighted by atomic mass is 16.5. The number of hydrogen-bond acceptors (Lipinski definition) is 4. The van der Waals surface area contributed by atoms with Crippen LogP contribution in [0.1, 0.15) is 0 Å². The summed E-state index contributed by atoms with van der Waals surface area (Å²) in [5.74, 6) is -0.402. The molecule has 0 aromatic carbocycles. The average Bonchev–Trinajstić information content (AvgIpc) is 2.06. The summed E-state index contributed by atoms with van der Waals surface area (Å²) in [7, 11) is 3.56. The molecule has 0 unspecified atom stereocenters. The van der Waals surface area contributed by atoms with E-state index in [9.17, 15) is 4.79 Å². The van der Waals surface area contributed by atoms with Gasteiger partial charge in [0.1, 0.15) is 6.61 Å². The lowest BCUT2D eigenvalue weighted by Gasteiger charge is -2.13. The Labute approximate surface area is 66.6 Å². The third kappa shape index (κ3) is 4.52. The Kier molecular flexibility index (Phi) is 5.42. The molecule has 0 saturated heterocycles. The Morgan fingerprint density at radius 3 is 2.55 bits per heavy atom. The molecule has 0 bridgehead atoms. The first-order valence-electron chi connectivity index (χ1n) is 3.38. The van der Waals surface area contributed by atoms with Crippen molar-refractivity contribution in [3.8, 4) is 0 Å². The highest BCUT2D eigenvalue weighted by molar-refractivity contribution is 5.81. The zero-order valence-corrected chi connectivity index (χ0v) is 6.89. The predicted octanol–water partition coefficient (Wildman–Crippen LogP) is -0.520. The van der Waals surface area contributed by atoms with Crippen molar-refractivity contribution < 1.29 is 9.53 Å². The highest BCUT2D eigenvalue weighted by Gasteiger charge is 2.03. The summed E-state index contributed by atoms with van der Waals surface area (Å²) >= 11 is 0. The number of likely N-dealkylation sites (N-methyl/N-ethyl adjacent to an activating group) is 2. The fourth-order valence-electron chi connectivity index (χ4n) is 0.535. The minimum atomic E-state index is -0.402. The quantitative estimate of drug-likeness (QED) is 0.321. The maximum Gasteiger partial charge on any atom is 0.330 e. The van der Waals surface area contributed by atoms with E-state index in [1.165, 1.54) is 0 Å². The summed E-state index contributed by atoms with van der Waals surface area (Å²) < 4.78 is 4.75. The monoisotopic (exact) mass is 158 g/mol. The van der Waals surface area contributed by atoms with Crippen LogP contribution in [-0.2, 0) is 9.53 Å². The van der Waals surface area contributed by atoms with Crippen LogP contribution in [0.2, 0.25) is 0 Å². The molecule has 4 nitrogen and oxygen atoms in total. The summed E-state index contributed by atoms with van der Waals surface area (Å²) in [4.78, 5) is 10.6. The minimum Gasteiger partial charge on any atom is -0.459 e. The van der Waals surface area contributed by atoms with Gasteiger partial charge in [0.15, 0.2) is 0 Å². The van der Waals surface area contributed by atoms with E-state index in [4.69, 9.17) is 4.74 Å². The van der Waals surface area contributed by atoms with Gasteiger partial charge in [-0.05, 0) is 14.1 Å². The van der Waals surface area contributed by atoms with Crippen LogP contribution in [0.15, 0.2) is 12.7 Å². The maximum atomic E-state index is 10.6. The predicted molar refractivity (Wildman–Crippen MR) is 43.1 cm³/mol. The Hall–Kier alpha value is -0.870. The van der Waals surface area contributed by atoms with Crippen LogP contribution in [0.5, 0.6) is 0 Å². The van der Waals surface area contributed by atoms with E-state index in [2.05, 4.69) is 17.2 Å². The lowest BCUT2D eigenvalue weighted by Crippen LogP contribution is -2.42. The molecule has 0 aromatic rings. The third-order valence-corrected chi connectivity index (χ3v) is 1.26. The van der Waals surface area contributed by atoms with E-state index in [1.54, 1.807) is 14.1 Å². The largest absolute Gasteiger partial charge is 0.459 e. The molecule has 0 saturated carbocycles. The van der Waals surface area contributed by atoms with E-state index < -0.39 is 5.97 Å². The Morgan fingerprint density at radius 2 is 2.18 bits per heavy atom. The highest BCUT2D eigenvalue weighted by Crippen LogP contribution is 1.82. The van der Waals surface area contributed by atoms with E-state index in [1.807, 2.05) is 0 Å². The number of carbonyl (C=O) groups is 1. The normalized spacial score (nSPS) is 9.73. The first-order valence-corrected chi connectivity index (χ1v) is 3.38. The van der Waals surface area contributed by atoms with Gasteiger partial charge in [0.05, 0.1) is 6.17 Å². The average molecular weight is 158 g/mol. The smallest absolute Gasteiger partial charge is 0.330 e. The van der Waals surface area contributed by atoms with Crippen molar-refractivity contribution in [2.45, 2.75) is 6.17 Å². The van der Waals surface area contributed by atoms with E-state index in [0.29, 0.717) is 6.61 Å². The van der Waals surface area contributed by atoms with E-state index in [0.717, 1.165) is 6.08 Å². The van der Waals surface area contributed by atoms with Crippen LogP contribution in [0.3, 0.4) is 0 Å². The van der Waals surface area contributed by atoms with Crippen molar-refractivity contribution in [2.75, 3.05) is 20.7 Å². The molecule has 0 atom stereocenters. The second-order valence-electron chi connectivity index (χ2n) is 1.96. The molecule has 0 radical (unpaired) electrons. The van der Waals surface area contributed by atoms with Crippen LogP contribution in [0, 0.1) is 0 Å². The lowest BCUT2D eigenvalue weighted by atomic mass is 10.5. The van der Waals surface area contributed by atoms with Crippen molar-refractivity contribution in [1.29, 1.82) is 0 Å². The van der Waals surface area contributed by atoms with Crippen LogP contribution < -0.4 is 10.6 Å². The molecule has 0 spiro atoms. The molecule has 0 aliphatic heterocycles. The zero-order valence-electron chi connectivity index (χ0n) is 6.89. The van der Waals surface area contributed by atoms with Gasteiger partial charge in [-0.15, -0.1) is 0 Å². The van der Waals surface area contributed by atoms with Gasteiger partial charge in [0.25, 0.3) is 0 Å². The van der Waals surface area contributed by atoms with Gasteiger partial charge in [-0.2, -0.15) is 0 Å². The molecule has 0 aromatic heterocycles. The van der Waals surface area contributed by atoms with Gasteiger partial charge >= 0.3 is 5.97 Å². The number of rotatable bonds is 5. The van der Waals surface area contributed by atoms with Crippen molar-refractivity contribution in [1.82, 2.24) is 10.6 Å². The first-order chi connectivity index (χ1) is 5.24. The summed E-state index contributed by atoms with van der Waals surface area (Å²) in [6.45, 7) is 3.58. The molecule has 0 heterocycles. The fraction of sp³-hybridized carbons (Fsp3) is 0.571. The van der Waals surface area contributed by atoms with Crippen LogP contribution in [-0.4, -0.2) is 32.8 Å². The summed E-state index contributed by atoms with van der Waals surface area (Å²) in [6.07, 6.45) is 1.14. The maximum absolute atomic E-state index is 10.6. The summed E-state index contributed by atoms with van der Waals surface area (Å²) in [6, 6.07) is 0. The SMILES string of the molecule is C=CC(=O)OCC(NC)NC. The summed E-state index contributed by atoms with van der Waals surface area (Å²) in [5, 5.41) is 5.82. The molecule has 0 fully saturated rings. The minimum absolute atomic E-state index is 0.00102. The number of nitrogens with one attached hydrogen (secondary N) is 2. The molecule has 2 N–H and O–H groups in total. The van der Waals surface area contributed by atoms with Crippen molar-refractivity contribution in [3.63, 3.8) is 0 Å². The lowest BCUT2D eigenvalue weighted by molar-refractivity contribution is -0.138. The molecule has 11 heavy (non-hydrogen) atoms. The molecule has 0 aliphatic carbocycles. The molecule has 64 valence electrons. The van der Waals surface area contributed by atoms with Gasteiger partial charge in [0.2, 0.25) is 0 Å². The number of carbonyl (C=O) groups excluding carboxylic acids is 1. The van der Waals surface area contributed by atoms with Crippen molar-refractivity contribution in [2.24, 2.45) is 0 Å². The number of ether oxygens (including phenoxy) is 1. The van der Waals surface area contributed by atoms with Crippen LogP contribution in [0.4, 0.5) is 0 Å². The van der Waals surface area contributed by atoms with Gasteiger partial charge in [-0.1, -0.05) is 6.58 Å². The van der Waals surface area contributed by atoms with Gasteiger partial charge in [0, 0.05) is 6.08 Å². The fourth-order valence-corrected chi connectivity index (χ4v) is 0.535. The topological polar surface area (TPSA) is 50.4 Å². The van der Waals surface area contributed by atoms with Gasteiger partial charge in [-0.25, -0.2) is 4.79 Å². The third-order valence-electron chi connectivity index (χ3n) is 1.26. The number of hydrogen-bond donors (Lipinski definition) is 2. The molecule has 0 amide bonds. The first kappa shape index (κ1) is 10.1. The van der Waals surface area contributed by atoms with Crippen LogP contribution >= 0.6 is 0 Å². The number of esters is 1. The Bertz CT molecular complexity index is 132. The van der Waals surface area contributed by atoms with Crippen LogP contribution in [0.25, 0.3) is 0 Å². The van der Waals surface area contributed by atoms with Crippen molar-refractivity contribution >= 4 is 5.97 Å². The zero-order chi connectivity index (χ0) is 8.69. The molecule has 0 rings (SSSR count). The standard InChI is InChI=1S/C7H14N2O2/c1-4-7(10)11-5-6(8-2)9-3/h4,6,8-9H,1,5H2,2-3H3. The summed E-state index contributed by atoms with van der Waals surface area (Å²) in [5.41, 5.74) is 0.